The first kappa shape index (κ1) is 18.7. The summed E-state index contributed by atoms with van der Waals surface area (Å²) in [6, 6.07) is 0.0586. The molecule has 0 aromatic heterocycles. The van der Waals surface area contributed by atoms with E-state index in [9.17, 15) is 13.2 Å². The van der Waals surface area contributed by atoms with Gasteiger partial charge in [-0.25, -0.2) is 8.42 Å². The smallest absolute Gasteiger partial charge is 0.237 e. The summed E-state index contributed by atoms with van der Waals surface area (Å²) < 4.78 is 23.5. The van der Waals surface area contributed by atoms with Crippen LogP contribution in [0.4, 0.5) is 0 Å². The summed E-state index contributed by atoms with van der Waals surface area (Å²) in [5, 5.41) is -0.512. The number of amides is 1. The zero-order valence-corrected chi connectivity index (χ0v) is 13.7. The van der Waals surface area contributed by atoms with Gasteiger partial charge in [0.2, 0.25) is 5.91 Å². The molecule has 19 heavy (non-hydrogen) atoms. The zero-order valence-electron chi connectivity index (χ0n) is 12.0. The highest BCUT2D eigenvalue weighted by Gasteiger charge is 2.36. The maximum atomic E-state index is 12.0. The molecule has 1 aliphatic heterocycles. The van der Waals surface area contributed by atoms with Crippen LogP contribution in [0.2, 0.25) is 0 Å². The molecule has 1 aliphatic rings. The van der Waals surface area contributed by atoms with Crippen molar-refractivity contribution in [3.63, 3.8) is 0 Å². The second-order valence-electron chi connectivity index (χ2n) is 6.05. The molecule has 0 aliphatic carbocycles. The number of hydrogen-bond acceptors (Lipinski definition) is 4. The quantitative estimate of drug-likeness (QED) is 0.836. The number of hydrogen-bond donors (Lipinski definition) is 1. The third-order valence-electron chi connectivity index (χ3n) is 3.71. The Hall–Kier alpha value is -0.330. The molecule has 1 unspecified atom stereocenters. The molecule has 2 N–H and O–H groups in total. The minimum Gasteiger partial charge on any atom is -0.341 e. The Morgan fingerprint density at radius 1 is 1.42 bits per heavy atom. The van der Waals surface area contributed by atoms with Crippen LogP contribution in [0.15, 0.2) is 0 Å². The van der Waals surface area contributed by atoms with Gasteiger partial charge in [-0.2, -0.15) is 0 Å². The van der Waals surface area contributed by atoms with Crippen LogP contribution in [0.5, 0.6) is 0 Å². The number of rotatable bonds is 3. The standard InChI is InChI=1S/C12H24N2O3S.ClH/c1-9(2)18(16,17)7-11(15)14-6-5-10(13)12(3,4)8-14;/h9-10H,5-8,13H2,1-4H3;1H. The van der Waals surface area contributed by atoms with Crippen molar-refractivity contribution in [2.45, 2.75) is 45.4 Å². The van der Waals surface area contributed by atoms with Crippen LogP contribution in [0.1, 0.15) is 34.1 Å². The molecular formula is C12H25ClN2O3S. The van der Waals surface area contributed by atoms with E-state index in [1.165, 1.54) is 0 Å². The fraction of sp³-hybridized carbons (Fsp3) is 0.917. The van der Waals surface area contributed by atoms with Crippen LogP contribution in [-0.4, -0.2) is 49.4 Å². The number of nitrogens with zero attached hydrogens (tertiary/aromatic N) is 1. The van der Waals surface area contributed by atoms with Crippen LogP contribution < -0.4 is 5.73 Å². The molecular weight excluding hydrogens is 288 g/mol. The predicted octanol–water partition coefficient (Wildman–Crippen LogP) is 0.817. The number of carbonyl (C=O) groups excluding carboxylic acids is 1. The Kier molecular flexibility index (Phi) is 6.30. The van der Waals surface area contributed by atoms with Gasteiger partial charge in [0.1, 0.15) is 5.75 Å². The second kappa shape index (κ2) is 6.41. The van der Waals surface area contributed by atoms with Crippen LogP contribution in [-0.2, 0) is 14.6 Å². The lowest BCUT2D eigenvalue weighted by Gasteiger charge is -2.42. The number of likely N-dealkylation sites (tertiary alicyclic amines) is 1. The molecule has 1 rings (SSSR count). The molecule has 1 amide bonds. The summed E-state index contributed by atoms with van der Waals surface area (Å²) in [6.07, 6.45) is 0.723. The van der Waals surface area contributed by atoms with Crippen molar-refractivity contribution in [3.8, 4) is 0 Å². The number of piperidine rings is 1. The number of nitrogens with two attached hydrogens (primary N) is 1. The van der Waals surface area contributed by atoms with Crippen molar-refractivity contribution in [3.05, 3.63) is 0 Å². The molecule has 114 valence electrons. The highest BCUT2D eigenvalue weighted by Crippen LogP contribution is 2.27. The van der Waals surface area contributed by atoms with Gasteiger partial charge >= 0.3 is 0 Å². The molecule has 1 saturated heterocycles. The fourth-order valence-corrected chi connectivity index (χ4v) is 2.88. The Balaban J connectivity index is 0.00000324. The third kappa shape index (κ3) is 4.61. The molecule has 1 heterocycles. The van der Waals surface area contributed by atoms with E-state index in [1.54, 1.807) is 18.7 Å². The lowest BCUT2D eigenvalue weighted by molar-refractivity contribution is -0.131. The van der Waals surface area contributed by atoms with Crippen LogP contribution in [0.3, 0.4) is 0 Å². The van der Waals surface area contributed by atoms with Gasteiger partial charge < -0.3 is 10.6 Å². The minimum absolute atomic E-state index is 0. The molecule has 0 spiro atoms. The normalized spacial score (nSPS) is 23.1. The van der Waals surface area contributed by atoms with E-state index in [1.807, 2.05) is 13.8 Å². The van der Waals surface area contributed by atoms with Crippen LogP contribution in [0.25, 0.3) is 0 Å². The molecule has 0 aromatic carbocycles. The Morgan fingerprint density at radius 2 is 1.95 bits per heavy atom. The third-order valence-corrected chi connectivity index (χ3v) is 5.79. The average Bonchev–Trinajstić information content (AvgIpc) is 2.21. The molecule has 1 atom stereocenters. The van der Waals surface area contributed by atoms with Crippen molar-refractivity contribution >= 4 is 28.2 Å². The Morgan fingerprint density at radius 3 is 2.37 bits per heavy atom. The molecule has 0 saturated carbocycles. The highest BCUT2D eigenvalue weighted by atomic mass is 35.5. The summed E-state index contributed by atoms with van der Waals surface area (Å²) in [4.78, 5) is 13.6. The Labute approximate surface area is 122 Å². The molecule has 1 fully saturated rings. The second-order valence-corrected chi connectivity index (χ2v) is 8.61. The summed E-state index contributed by atoms with van der Waals surface area (Å²) in [6.45, 7) is 8.29. The monoisotopic (exact) mass is 312 g/mol. The lowest BCUT2D eigenvalue weighted by Crippen LogP contribution is -2.55. The van der Waals surface area contributed by atoms with Crippen LogP contribution >= 0.6 is 12.4 Å². The van der Waals surface area contributed by atoms with E-state index < -0.39 is 20.8 Å². The van der Waals surface area contributed by atoms with Gasteiger partial charge in [0.25, 0.3) is 0 Å². The van der Waals surface area contributed by atoms with Gasteiger partial charge in [-0.1, -0.05) is 13.8 Å². The molecule has 0 bridgehead atoms. The Bertz CT molecular complexity index is 421. The van der Waals surface area contributed by atoms with Crippen molar-refractivity contribution in [1.29, 1.82) is 0 Å². The summed E-state index contributed by atoms with van der Waals surface area (Å²) in [5.41, 5.74) is 5.84. The summed E-state index contributed by atoms with van der Waals surface area (Å²) in [7, 11) is -3.32. The van der Waals surface area contributed by atoms with E-state index in [0.717, 1.165) is 6.42 Å². The largest absolute Gasteiger partial charge is 0.341 e. The maximum Gasteiger partial charge on any atom is 0.237 e. The average molecular weight is 313 g/mol. The van der Waals surface area contributed by atoms with E-state index in [0.29, 0.717) is 13.1 Å². The minimum atomic E-state index is -3.32. The first-order valence-electron chi connectivity index (χ1n) is 6.31. The summed E-state index contributed by atoms with van der Waals surface area (Å²) >= 11 is 0. The zero-order chi connectivity index (χ0) is 14.1. The number of halogens is 1. The van der Waals surface area contributed by atoms with E-state index >= 15 is 0 Å². The SMILES string of the molecule is CC(C)S(=O)(=O)CC(=O)N1CCC(N)C(C)(C)C1.Cl. The highest BCUT2D eigenvalue weighted by molar-refractivity contribution is 7.92. The van der Waals surface area contributed by atoms with Gasteiger partial charge in [0, 0.05) is 19.1 Å². The maximum absolute atomic E-state index is 12.0. The van der Waals surface area contributed by atoms with Gasteiger partial charge in [-0.05, 0) is 25.7 Å². The van der Waals surface area contributed by atoms with E-state index in [-0.39, 0.29) is 29.8 Å². The fourth-order valence-electron chi connectivity index (χ4n) is 2.02. The van der Waals surface area contributed by atoms with Gasteiger partial charge in [-0.3, -0.25) is 4.79 Å². The van der Waals surface area contributed by atoms with Gasteiger partial charge in [0.15, 0.2) is 9.84 Å². The molecule has 0 radical (unpaired) electrons. The van der Waals surface area contributed by atoms with Crippen molar-refractivity contribution in [1.82, 2.24) is 4.90 Å². The summed E-state index contributed by atoms with van der Waals surface area (Å²) in [5.74, 6) is -0.695. The predicted molar refractivity (Wildman–Crippen MR) is 79.1 cm³/mol. The first-order chi connectivity index (χ1) is 8.06. The van der Waals surface area contributed by atoms with Crippen LogP contribution in [0, 0.1) is 5.41 Å². The molecule has 7 heteroatoms. The van der Waals surface area contributed by atoms with Crippen molar-refractivity contribution < 1.29 is 13.2 Å². The van der Waals surface area contributed by atoms with Crippen molar-refractivity contribution in [2.24, 2.45) is 11.1 Å². The first-order valence-corrected chi connectivity index (χ1v) is 8.03. The molecule has 0 aromatic rings. The van der Waals surface area contributed by atoms with Gasteiger partial charge in [-0.15, -0.1) is 12.4 Å². The van der Waals surface area contributed by atoms with Gasteiger partial charge in [0.05, 0.1) is 5.25 Å². The van der Waals surface area contributed by atoms with Crippen molar-refractivity contribution in [2.75, 3.05) is 18.8 Å². The lowest BCUT2D eigenvalue weighted by atomic mass is 9.80. The van der Waals surface area contributed by atoms with E-state index in [2.05, 4.69) is 0 Å². The topological polar surface area (TPSA) is 80.5 Å². The number of sulfone groups is 1. The number of carbonyl (C=O) groups is 1. The van der Waals surface area contributed by atoms with E-state index in [4.69, 9.17) is 5.73 Å². The molecule has 5 nitrogen and oxygen atoms in total.